The van der Waals surface area contributed by atoms with Crippen LogP contribution in [0.5, 0.6) is 0 Å². The smallest absolute Gasteiger partial charge is 0.302 e. The third kappa shape index (κ3) is 6.38. The van der Waals surface area contributed by atoms with Gasteiger partial charge in [0.15, 0.2) is 0 Å². The van der Waals surface area contributed by atoms with Crippen molar-refractivity contribution < 1.29 is 14.3 Å². The molecule has 0 saturated heterocycles. The normalized spacial score (nSPS) is 14.1. The van der Waals surface area contributed by atoms with E-state index in [1.807, 2.05) is 6.92 Å². The van der Waals surface area contributed by atoms with E-state index in [9.17, 15) is 9.59 Å². The van der Waals surface area contributed by atoms with Gasteiger partial charge in [0.1, 0.15) is 11.9 Å². The van der Waals surface area contributed by atoms with Crippen molar-refractivity contribution in [3.8, 4) is 0 Å². The molecule has 92 valence electrons. The Morgan fingerprint density at radius 1 is 1.00 bits per heavy atom. The van der Waals surface area contributed by atoms with E-state index in [2.05, 4.69) is 13.8 Å². The first-order valence-corrected chi connectivity index (χ1v) is 5.68. The minimum absolute atomic E-state index is 0.0493. The summed E-state index contributed by atoms with van der Waals surface area (Å²) in [6, 6.07) is 0. The molecule has 0 radical (unpaired) electrons. The van der Waals surface area contributed by atoms with Gasteiger partial charge in [-0.3, -0.25) is 9.59 Å². The first-order chi connectivity index (χ1) is 7.36. The quantitative estimate of drug-likeness (QED) is 0.516. The molecule has 0 saturated carbocycles. The van der Waals surface area contributed by atoms with Crippen LogP contribution in [0.2, 0.25) is 0 Å². The fourth-order valence-corrected chi connectivity index (χ4v) is 1.53. The van der Waals surface area contributed by atoms with E-state index in [4.69, 9.17) is 4.74 Å². The van der Waals surface area contributed by atoms with Crippen LogP contribution in [-0.2, 0) is 14.3 Å². The molecule has 3 heteroatoms. The lowest BCUT2D eigenvalue weighted by Gasteiger charge is -2.17. The first-order valence-electron chi connectivity index (χ1n) is 5.68. The minimum atomic E-state index is -0.326. The maximum atomic E-state index is 11.0. The van der Waals surface area contributed by atoms with Crippen LogP contribution in [-0.4, -0.2) is 17.9 Å². The molecule has 1 atom stereocenters. The van der Waals surface area contributed by atoms with Gasteiger partial charge in [0.05, 0.1) is 0 Å². The van der Waals surface area contributed by atoms with Crippen LogP contribution in [0.15, 0.2) is 11.1 Å². The molecule has 0 N–H and O–H groups in total. The Labute approximate surface area is 97.9 Å². The fourth-order valence-electron chi connectivity index (χ4n) is 1.53. The summed E-state index contributed by atoms with van der Waals surface area (Å²) in [5.74, 6) is -0.276. The summed E-state index contributed by atoms with van der Waals surface area (Å²) < 4.78 is 5.13. The van der Waals surface area contributed by atoms with E-state index in [1.165, 1.54) is 25.0 Å². The van der Waals surface area contributed by atoms with Gasteiger partial charge in [0, 0.05) is 19.8 Å². The number of ether oxygens (including phenoxy) is 1. The van der Waals surface area contributed by atoms with Crippen molar-refractivity contribution in [1.82, 2.24) is 0 Å². The Morgan fingerprint density at radius 2 is 1.56 bits per heavy atom. The number of hydrogen-bond donors (Lipinski definition) is 0. The van der Waals surface area contributed by atoms with Gasteiger partial charge in [-0.1, -0.05) is 18.1 Å². The molecule has 0 aromatic carbocycles. The Kier molecular flexibility index (Phi) is 6.70. The highest BCUT2D eigenvalue weighted by atomic mass is 16.5. The van der Waals surface area contributed by atoms with Crippen molar-refractivity contribution in [2.45, 2.75) is 60.0 Å². The molecule has 0 bridgehead atoms. The highest BCUT2D eigenvalue weighted by Gasteiger charge is 2.15. The van der Waals surface area contributed by atoms with Crippen molar-refractivity contribution >= 4 is 11.8 Å². The minimum Gasteiger partial charge on any atom is -0.462 e. The number of ketones is 1. The van der Waals surface area contributed by atoms with Gasteiger partial charge in [0.25, 0.3) is 0 Å². The average Bonchev–Trinajstić information content (AvgIpc) is 2.14. The van der Waals surface area contributed by atoms with Gasteiger partial charge >= 0.3 is 5.97 Å². The van der Waals surface area contributed by atoms with Crippen molar-refractivity contribution in [3.63, 3.8) is 0 Å². The summed E-state index contributed by atoms with van der Waals surface area (Å²) in [6.07, 6.45) is 1.63. The number of Topliss-reactive ketones (excluding diaryl/α,β-unsaturated/α-hetero) is 1. The molecule has 0 aliphatic heterocycles. The largest absolute Gasteiger partial charge is 0.462 e. The number of carbonyl (C=O) groups excluding carboxylic acids is 2. The molecule has 0 aliphatic rings. The summed E-state index contributed by atoms with van der Waals surface area (Å²) in [5, 5.41) is 0. The van der Waals surface area contributed by atoms with E-state index in [-0.39, 0.29) is 17.9 Å². The van der Waals surface area contributed by atoms with E-state index >= 15 is 0 Å². The molecule has 0 rings (SSSR count). The van der Waals surface area contributed by atoms with Gasteiger partial charge in [-0.15, -0.1) is 0 Å². The molecule has 0 aliphatic carbocycles. The van der Waals surface area contributed by atoms with Crippen LogP contribution in [0.3, 0.4) is 0 Å². The fraction of sp³-hybridized carbons (Fsp3) is 0.692. The number of esters is 1. The summed E-state index contributed by atoms with van der Waals surface area (Å²) >= 11 is 0. The van der Waals surface area contributed by atoms with Gasteiger partial charge in [-0.2, -0.15) is 0 Å². The van der Waals surface area contributed by atoms with E-state index < -0.39 is 0 Å². The van der Waals surface area contributed by atoms with Crippen LogP contribution >= 0.6 is 0 Å². The third-order valence-electron chi connectivity index (χ3n) is 2.64. The van der Waals surface area contributed by atoms with Gasteiger partial charge < -0.3 is 4.74 Å². The number of hydrogen-bond acceptors (Lipinski definition) is 3. The zero-order valence-corrected chi connectivity index (χ0v) is 10.9. The monoisotopic (exact) mass is 226 g/mol. The SMILES string of the molecule is CC/C(C)=C(\C)CC(CC(C)=O)OC(C)=O. The van der Waals surface area contributed by atoms with E-state index in [0.29, 0.717) is 12.8 Å². The predicted molar refractivity (Wildman–Crippen MR) is 64.1 cm³/mol. The van der Waals surface area contributed by atoms with Crippen molar-refractivity contribution in [2.75, 3.05) is 0 Å². The molecule has 0 fully saturated rings. The Balaban J connectivity index is 4.53. The molecule has 0 aromatic rings. The highest BCUT2D eigenvalue weighted by molar-refractivity contribution is 5.76. The molecule has 0 amide bonds. The third-order valence-corrected chi connectivity index (χ3v) is 2.64. The molecule has 0 spiro atoms. The van der Waals surface area contributed by atoms with Gasteiger partial charge in [-0.05, 0) is 27.2 Å². The first kappa shape index (κ1) is 14.9. The Hall–Kier alpha value is -1.12. The van der Waals surface area contributed by atoms with Gasteiger partial charge in [-0.25, -0.2) is 0 Å². The van der Waals surface area contributed by atoms with Gasteiger partial charge in [0.2, 0.25) is 0 Å². The zero-order valence-electron chi connectivity index (χ0n) is 10.9. The molecular formula is C13H22O3. The Morgan fingerprint density at radius 3 is 1.94 bits per heavy atom. The van der Waals surface area contributed by atoms with Crippen molar-refractivity contribution in [1.29, 1.82) is 0 Å². The molecule has 1 unspecified atom stereocenters. The number of allylic oxidation sites excluding steroid dienone is 1. The van der Waals surface area contributed by atoms with Crippen molar-refractivity contribution in [2.24, 2.45) is 0 Å². The second-order valence-corrected chi connectivity index (χ2v) is 4.26. The number of carbonyl (C=O) groups is 2. The summed E-state index contributed by atoms with van der Waals surface area (Å²) in [7, 11) is 0. The summed E-state index contributed by atoms with van der Waals surface area (Å²) in [4.78, 5) is 22.0. The lowest BCUT2D eigenvalue weighted by atomic mass is 10.00. The molecule has 16 heavy (non-hydrogen) atoms. The van der Waals surface area contributed by atoms with Crippen LogP contribution in [0.4, 0.5) is 0 Å². The molecular weight excluding hydrogens is 204 g/mol. The molecule has 3 nitrogen and oxygen atoms in total. The lowest BCUT2D eigenvalue weighted by Crippen LogP contribution is -2.20. The van der Waals surface area contributed by atoms with Crippen LogP contribution in [0.25, 0.3) is 0 Å². The predicted octanol–water partition coefficient (Wildman–Crippen LogP) is 3.03. The molecule has 0 aromatic heterocycles. The second kappa shape index (κ2) is 7.20. The maximum Gasteiger partial charge on any atom is 0.302 e. The average molecular weight is 226 g/mol. The summed E-state index contributed by atoms with van der Waals surface area (Å²) in [6.45, 7) is 9.06. The van der Waals surface area contributed by atoms with Crippen LogP contribution in [0.1, 0.15) is 53.9 Å². The number of rotatable bonds is 6. The maximum absolute atomic E-state index is 11.0. The van der Waals surface area contributed by atoms with E-state index in [0.717, 1.165) is 6.42 Å². The highest BCUT2D eigenvalue weighted by Crippen LogP contribution is 2.17. The summed E-state index contributed by atoms with van der Waals surface area (Å²) in [5.41, 5.74) is 2.50. The lowest BCUT2D eigenvalue weighted by molar-refractivity contribution is -0.147. The van der Waals surface area contributed by atoms with E-state index in [1.54, 1.807) is 0 Å². The Bertz CT molecular complexity index is 274. The molecule has 0 heterocycles. The van der Waals surface area contributed by atoms with Crippen LogP contribution in [0, 0.1) is 0 Å². The topological polar surface area (TPSA) is 43.4 Å². The zero-order chi connectivity index (χ0) is 12.7. The standard InChI is InChI=1S/C13H22O3/c1-6-9(2)10(3)7-13(8-11(4)14)16-12(5)15/h13H,6-8H2,1-5H3/b10-9+. The van der Waals surface area contributed by atoms with Crippen LogP contribution < -0.4 is 0 Å². The second-order valence-electron chi connectivity index (χ2n) is 4.26. The van der Waals surface area contributed by atoms with Crippen molar-refractivity contribution in [3.05, 3.63) is 11.1 Å².